The third kappa shape index (κ3) is 5.12. The number of likely N-dealkylation sites (N-methyl/N-ethyl adjacent to an activating group) is 1. The van der Waals surface area contributed by atoms with Crippen LogP contribution in [0.4, 0.5) is 5.13 Å². The first-order valence-electron chi connectivity index (χ1n) is 8.26. The lowest BCUT2D eigenvalue weighted by atomic mass is 10.2. The SMILES string of the molecule is CSc1cccc2sc(N(CCN(C)C)C(=O)c3ccc(Cl)cc3Cl)nc12.Cl. The van der Waals surface area contributed by atoms with Crippen molar-refractivity contribution in [1.29, 1.82) is 0 Å². The van der Waals surface area contributed by atoms with Gasteiger partial charge in [0.15, 0.2) is 5.13 Å². The largest absolute Gasteiger partial charge is 0.308 e. The highest BCUT2D eigenvalue weighted by atomic mass is 35.5. The Balaban J connectivity index is 0.00000280. The van der Waals surface area contributed by atoms with Crippen molar-refractivity contribution < 1.29 is 4.79 Å². The van der Waals surface area contributed by atoms with Crippen molar-refractivity contribution in [3.63, 3.8) is 0 Å². The number of para-hydroxylation sites is 1. The quantitative estimate of drug-likeness (QED) is 0.412. The van der Waals surface area contributed by atoms with Crippen LogP contribution >= 0.6 is 58.7 Å². The molecule has 3 rings (SSSR count). The number of halogens is 3. The normalized spacial score (nSPS) is 10.9. The summed E-state index contributed by atoms with van der Waals surface area (Å²) < 4.78 is 1.06. The van der Waals surface area contributed by atoms with Gasteiger partial charge in [0.2, 0.25) is 0 Å². The van der Waals surface area contributed by atoms with Gasteiger partial charge >= 0.3 is 0 Å². The fraction of sp³-hybridized carbons (Fsp3) is 0.263. The van der Waals surface area contributed by atoms with Crippen molar-refractivity contribution in [2.24, 2.45) is 0 Å². The molecule has 3 aromatic rings. The number of rotatable bonds is 6. The first-order valence-corrected chi connectivity index (χ1v) is 11.1. The van der Waals surface area contributed by atoms with Crippen LogP contribution in [-0.4, -0.2) is 49.2 Å². The number of anilines is 1. The van der Waals surface area contributed by atoms with Gasteiger partial charge in [0.1, 0.15) is 0 Å². The fourth-order valence-electron chi connectivity index (χ4n) is 2.58. The van der Waals surface area contributed by atoms with Crippen LogP contribution in [-0.2, 0) is 0 Å². The second-order valence-electron chi connectivity index (χ2n) is 6.19. The molecule has 9 heteroatoms. The highest BCUT2D eigenvalue weighted by Crippen LogP contribution is 2.35. The number of aromatic nitrogens is 1. The smallest absolute Gasteiger partial charge is 0.261 e. The van der Waals surface area contributed by atoms with E-state index in [2.05, 4.69) is 0 Å². The Morgan fingerprint density at radius 1 is 1.18 bits per heavy atom. The van der Waals surface area contributed by atoms with Gasteiger partial charge in [0, 0.05) is 23.0 Å². The minimum absolute atomic E-state index is 0. The summed E-state index contributed by atoms with van der Waals surface area (Å²) in [6, 6.07) is 11.0. The molecule has 0 atom stereocenters. The first-order chi connectivity index (χ1) is 12.9. The lowest BCUT2D eigenvalue weighted by Crippen LogP contribution is -2.36. The van der Waals surface area contributed by atoms with Crippen LogP contribution in [0.3, 0.4) is 0 Å². The van der Waals surface area contributed by atoms with E-state index in [1.807, 2.05) is 43.5 Å². The molecule has 0 radical (unpaired) electrons. The first kappa shape index (κ1) is 23.3. The molecule has 4 nitrogen and oxygen atoms in total. The molecule has 0 unspecified atom stereocenters. The summed E-state index contributed by atoms with van der Waals surface area (Å²) in [7, 11) is 3.95. The predicted octanol–water partition coefficient (Wildman–Crippen LogP) is 5.96. The van der Waals surface area contributed by atoms with Crippen molar-refractivity contribution in [1.82, 2.24) is 9.88 Å². The number of thioether (sulfide) groups is 1. The van der Waals surface area contributed by atoms with Gasteiger partial charge in [-0.15, -0.1) is 24.2 Å². The molecule has 0 bridgehead atoms. The van der Waals surface area contributed by atoms with E-state index in [9.17, 15) is 4.79 Å². The Bertz CT molecular complexity index is 978. The summed E-state index contributed by atoms with van der Waals surface area (Å²) in [4.78, 5) is 22.9. The summed E-state index contributed by atoms with van der Waals surface area (Å²) in [6.45, 7) is 1.22. The lowest BCUT2D eigenvalue weighted by molar-refractivity contribution is 0.0985. The van der Waals surface area contributed by atoms with E-state index < -0.39 is 0 Å². The lowest BCUT2D eigenvalue weighted by Gasteiger charge is -2.22. The van der Waals surface area contributed by atoms with Gasteiger partial charge in [-0.2, -0.15) is 0 Å². The minimum atomic E-state index is -0.178. The molecule has 0 fully saturated rings. The Hall–Kier alpha value is -1.02. The molecule has 0 saturated heterocycles. The molecule has 2 aromatic carbocycles. The summed E-state index contributed by atoms with van der Waals surface area (Å²) in [5, 5.41) is 1.51. The van der Waals surface area contributed by atoms with Crippen LogP contribution < -0.4 is 4.90 Å². The molecule has 150 valence electrons. The van der Waals surface area contributed by atoms with E-state index in [0.29, 0.717) is 33.8 Å². The Morgan fingerprint density at radius 2 is 1.93 bits per heavy atom. The molecule has 0 aliphatic heterocycles. The molecule has 0 N–H and O–H groups in total. The maximum Gasteiger partial charge on any atom is 0.261 e. The average Bonchev–Trinajstić information content (AvgIpc) is 3.05. The summed E-state index contributed by atoms with van der Waals surface area (Å²) in [6.07, 6.45) is 2.02. The van der Waals surface area contributed by atoms with E-state index in [1.165, 1.54) is 11.3 Å². The topological polar surface area (TPSA) is 36.4 Å². The molecule has 1 heterocycles. The van der Waals surface area contributed by atoms with Gasteiger partial charge in [-0.25, -0.2) is 4.98 Å². The van der Waals surface area contributed by atoms with Gasteiger partial charge in [-0.05, 0) is 50.7 Å². The molecule has 0 spiro atoms. The highest BCUT2D eigenvalue weighted by Gasteiger charge is 2.24. The maximum atomic E-state index is 13.3. The van der Waals surface area contributed by atoms with E-state index >= 15 is 0 Å². The van der Waals surface area contributed by atoms with Gasteiger partial charge in [0.05, 0.1) is 20.8 Å². The number of nitrogens with zero attached hydrogens (tertiary/aromatic N) is 3. The fourth-order valence-corrected chi connectivity index (χ4v) is 4.72. The second kappa shape index (κ2) is 10.1. The molecule has 28 heavy (non-hydrogen) atoms. The zero-order valence-corrected chi connectivity index (χ0v) is 19.6. The minimum Gasteiger partial charge on any atom is -0.308 e. The molecule has 0 aliphatic rings. The van der Waals surface area contributed by atoms with Crippen molar-refractivity contribution in [3.05, 3.63) is 52.0 Å². The third-order valence-corrected chi connectivity index (χ3v) is 6.36. The van der Waals surface area contributed by atoms with E-state index in [0.717, 1.165) is 15.1 Å². The third-order valence-electron chi connectivity index (χ3n) is 4.00. The summed E-state index contributed by atoms with van der Waals surface area (Å²) in [5.74, 6) is -0.178. The van der Waals surface area contributed by atoms with E-state index in [-0.39, 0.29) is 18.3 Å². The zero-order valence-electron chi connectivity index (χ0n) is 15.6. The van der Waals surface area contributed by atoms with Crippen LogP contribution in [0.15, 0.2) is 41.3 Å². The average molecular weight is 477 g/mol. The van der Waals surface area contributed by atoms with Crippen LogP contribution in [0, 0.1) is 0 Å². The van der Waals surface area contributed by atoms with Gasteiger partial charge in [-0.1, -0.05) is 40.6 Å². The predicted molar refractivity (Wildman–Crippen MR) is 125 cm³/mol. The van der Waals surface area contributed by atoms with Crippen LogP contribution in [0.5, 0.6) is 0 Å². The van der Waals surface area contributed by atoms with Gasteiger partial charge in [0.25, 0.3) is 5.91 Å². The van der Waals surface area contributed by atoms with Crippen molar-refractivity contribution in [2.45, 2.75) is 4.90 Å². The van der Waals surface area contributed by atoms with Crippen LogP contribution in [0.2, 0.25) is 10.0 Å². The number of carbonyl (C=O) groups excluding carboxylic acids is 1. The summed E-state index contributed by atoms with van der Waals surface area (Å²) in [5.41, 5.74) is 1.35. The molecule has 1 amide bonds. The van der Waals surface area contributed by atoms with Crippen molar-refractivity contribution >= 4 is 80.0 Å². The van der Waals surface area contributed by atoms with Gasteiger partial charge in [-0.3, -0.25) is 9.69 Å². The molecule has 1 aromatic heterocycles. The molecular formula is C19H20Cl3N3OS2. The van der Waals surface area contributed by atoms with Crippen molar-refractivity contribution in [2.75, 3.05) is 38.3 Å². The monoisotopic (exact) mass is 475 g/mol. The molecule has 0 aliphatic carbocycles. The van der Waals surface area contributed by atoms with Crippen molar-refractivity contribution in [3.8, 4) is 0 Å². The van der Waals surface area contributed by atoms with E-state index in [1.54, 1.807) is 34.9 Å². The van der Waals surface area contributed by atoms with E-state index in [4.69, 9.17) is 28.2 Å². The number of benzene rings is 2. The Kier molecular flexibility index (Phi) is 8.43. The number of carbonyl (C=O) groups is 1. The van der Waals surface area contributed by atoms with Crippen LogP contribution in [0.1, 0.15) is 10.4 Å². The molecule has 0 saturated carbocycles. The standard InChI is InChI=1S/C19H19Cl2N3OS2.ClH/c1-23(2)9-10-24(18(25)13-8-7-12(20)11-14(13)21)19-22-17-15(26-3)5-4-6-16(17)27-19;/h4-8,11H,9-10H2,1-3H3;1H. The zero-order chi connectivity index (χ0) is 19.6. The number of hydrogen-bond acceptors (Lipinski definition) is 5. The number of fused-ring (bicyclic) bond motifs is 1. The highest BCUT2D eigenvalue weighted by molar-refractivity contribution is 7.98. The number of amides is 1. The van der Waals surface area contributed by atoms with Crippen LogP contribution in [0.25, 0.3) is 10.2 Å². The number of thiazole rings is 1. The molecular weight excluding hydrogens is 457 g/mol. The van der Waals surface area contributed by atoms with Gasteiger partial charge < -0.3 is 4.90 Å². The summed E-state index contributed by atoms with van der Waals surface area (Å²) >= 11 is 15.4. The second-order valence-corrected chi connectivity index (χ2v) is 8.89. The Labute approximate surface area is 189 Å². The maximum absolute atomic E-state index is 13.3. The number of hydrogen-bond donors (Lipinski definition) is 0. The Morgan fingerprint density at radius 3 is 2.57 bits per heavy atom.